The van der Waals surface area contributed by atoms with E-state index in [1.165, 1.54) is 36.1 Å². The molecule has 0 aliphatic carbocycles. The lowest BCUT2D eigenvalue weighted by Crippen LogP contribution is -2.44. The van der Waals surface area contributed by atoms with Crippen molar-refractivity contribution in [3.63, 3.8) is 0 Å². The third kappa shape index (κ3) is 3.02. The average Bonchev–Trinajstić information content (AvgIpc) is 2.98. The highest BCUT2D eigenvalue weighted by Gasteiger charge is 2.23. The minimum Gasteiger partial charge on any atom is -0.854 e. The summed E-state index contributed by atoms with van der Waals surface area (Å²) in [5, 5.41) is 14.7. The highest BCUT2D eigenvalue weighted by Crippen LogP contribution is 2.13. The molecule has 0 saturated carbocycles. The molecule has 0 spiro atoms. The van der Waals surface area contributed by atoms with Crippen LogP contribution >= 0.6 is 0 Å². The first-order chi connectivity index (χ1) is 11.6. The van der Waals surface area contributed by atoms with Gasteiger partial charge in [-0.2, -0.15) is 0 Å². The van der Waals surface area contributed by atoms with Crippen molar-refractivity contribution < 1.29 is 23.4 Å². The Morgan fingerprint density at radius 2 is 1.88 bits per heavy atom. The molecule has 0 atom stereocenters. The first-order valence-electron chi connectivity index (χ1n) is 6.88. The van der Waals surface area contributed by atoms with Gasteiger partial charge in [-0.05, 0) is 46.4 Å². The second kappa shape index (κ2) is 6.37. The standard InChI is InChI=1S/C16H12FN3O4/c1-23-13-8-6-12(7-9-13)20-14(16(22)24-19-20)15(21)18-11-4-2-10(17)3-5-11/h2-9H,1H3,(H-,18,19,21,22). The van der Waals surface area contributed by atoms with Crippen LogP contribution in [-0.4, -0.2) is 18.3 Å². The van der Waals surface area contributed by atoms with Crippen LogP contribution in [0.15, 0.2) is 62.8 Å². The van der Waals surface area contributed by atoms with Gasteiger partial charge in [-0.25, -0.2) is 9.18 Å². The largest absolute Gasteiger partial charge is 0.854 e. The molecular formula is C16H12FN3O4. The molecule has 1 heterocycles. The molecule has 24 heavy (non-hydrogen) atoms. The number of halogens is 1. The molecule has 3 rings (SSSR count). The number of rotatable bonds is 4. The Morgan fingerprint density at radius 3 is 2.50 bits per heavy atom. The fourth-order valence-electron chi connectivity index (χ4n) is 2.05. The van der Waals surface area contributed by atoms with Crippen LogP contribution in [0.3, 0.4) is 0 Å². The predicted octanol–water partition coefficient (Wildman–Crippen LogP) is 0.831. The third-order valence-corrected chi connectivity index (χ3v) is 3.24. The number of ether oxygens (including phenoxy) is 1. The number of H-pyrrole nitrogens is 1. The number of aromatic nitrogens is 2. The third-order valence-electron chi connectivity index (χ3n) is 3.24. The van der Waals surface area contributed by atoms with E-state index in [-0.39, 0.29) is 11.4 Å². The van der Waals surface area contributed by atoms with Gasteiger partial charge in [-0.3, -0.25) is 9.52 Å². The summed E-state index contributed by atoms with van der Waals surface area (Å²) in [6, 6.07) is 11.6. The second-order valence-corrected chi connectivity index (χ2v) is 4.76. The number of aromatic amines is 1. The van der Waals surface area contributed by atoms with Gasteiger partial charge in [0, 0.05) is 12.1 Å². The van der Waals surface area contributed by atoms with Crippen LogP contribution in [0.25, 0.3) is 5.69 Å². The van der Waals surface area contributed by atoms with Crippen LogP contribution < -0.4 is 20.2 Å². The fraction of sp³-hybridized carbons (Fsp3) is 0.0625. The molecule has 1 aromatic heterocycles. The number of nitrogens with zero attached hydrogens (tertiary/aromatic N) is 2. The van der Waals surface area contributed by atoms with Crippen molar-refractivity contribution in [2.75, 3.05) is 7.11 Å². The molecule has 3 aromatic rings. The van der Waals surface area contributed by atoms with E-state index in [1.54, 1.807) is 24.3 Å². The molecule has 2 aromatic carbocycles. The summed E-state index contributed by atoms with van der Waals surface area (Å²) < 4.78 is 23.8. The maximum Gasteiger partial charge on any atom is 0.436 e. The van der Waals surface area contributed by atoms with Crippen molar-refractivity contribution in [1.82, 2.24) is 5.27 Å². The number of hydrogen-bond donors (Lipinski definition) is 1. The predicted molar refractivity (Wildman–Crippen MR) is 80.0 cm³/mol. The number of nitrogens with one attached hydrogen (secondary N) is 1. The molecule has 0 fully saturated rings. The smallest absolute Gasteiger partial charge is 0.436 e. The molecule has 0 radical (unpaired) electrons. The van der Waals surface area contributed by atoms with E-state index in [4.69, 9.17) is 9.26 Å². The number of hydrogen-bond acceptors (Lipinski definition) is 5. The Labute approximate surface area is 135 Å². The molecule has 0 bridgehead atoms. The minimum atomic E-state index is -0.860. The summed E-state index contributed by atoms with van der Waals surface area (Å²) in [4.78, 5) is 15.6. The van der Waals surface area contributed by atoms with Gasteiger partial charge in [0.05, 0.1) is 18.7 Å². The maximum absolute atomic E-state index is 12.9. The summed E-state index contributed by atoms with van der Waals surface area (Å²) in [5.41, 5.74) is -0.450. The lowest BCUT2D eigenvalue weighted by molar-refractivity contribution is -0.673. The highest BCUT2D eigenvalue weighted by molar-refractivity contribution is 5.88. The van der Waals surface area contributed by atoms with Crippen molar-refractivity contribution in [3.05, 3.63) is 70.5 Å². The van der Waals surface area contributed by atoms with Crippen LogP contribution in [0.4, 0.5) is 10.1 Å². The molecular weight excluding hydrogens is 317 g/mol. The Kier molecular flexibility index (Phi) is 4.11. The number of methoxy groups -OCH3 is 1. The first kappa shape index (κ1) is 15.5. The van der Waals surface area contributed by atoms with Crippen molar-refractivity contribution in [3.8, 4) is 11.4 Å². The van der Waals surface area contributed by atoms with Crippen LogP contribution in [0.1, 0.15) is 5.69 Å². The van der Waals surface area contributed by atoms with E-state index in [9.17, 15) is 14.3 Å². The van der Waals surface area contributed by atoms with E-state index >= 15 is 0 Å². The van der Waals surface area contributed by atoms with Gasteiger partial charge in [-0.1, -0.05) is 0 Å². The Bertz CT molecular complexity index is 927. The van der Waals surface area contributed by atoms with Crippen LogP contribution in [0.2, 0.25) is 0 Å². The first-order valence-corrected chi connectivity index (χ1v) is 6.88. The average molecular weight is 329 g/mol. The van der Waals surface area contributed by atoms with Crippen molar-refractivity contribution >= 4 is 11.6 Å². The number of benzene rings is 2. The topological polar surface area (TPSA) is 94.5 Å². The summed E-state index contributed by atoms with van der Waals surface area (Å²) in [7, 11) is 1.53. The quantitative estimate of drug-likeness (QED) is 0.436. The molecule has 7 nitrogen and oxygen atoms in total. The van der Waals surface area contributed by atoms with Gasteiger partial charge in [0.2, 0.25) is 5.69 Å². The lowest BCUT2D eigenvalue weighted by Gasteiger charge is -2.04. The minimum absolute atomic E-state index is 0.225. The van der Waals surface area contributed by atoms with E-state index in [0.717, 1.165) is 0 Å². The molecule has 0 unspecified atom stereocenters. The molecule has 0 aliphatic heterocycles. The second-order valence-electron chi connectivity index (χ2n) is 4.76. The van der Waals surface area contributed by atoms with Gasteiger partial charge < -0.3 is 9.84 Å². The van der Waals surface area contributed by atoms with Gasteiger partial charge in [0.1, 0.15) is 11.6 Å². The summed E-state index contributed by atoms with van der Waals surface area (Å²) in [6.07, 6.45) is 0. The SMILES string of the molecule is COc1ccc(-[n+]2[nH]oc(=O)c2C([O-])=Nc2ccc(F)cc2)cc1. The van der Waals surface area contributed by atoms with Crippen molar-refractivity contribution in [1.29, 1.82) is 0 Å². The van der Waals surface area contributed by atoms with E-state index < -0.39 is 17.3 Å². The molecule has 1 N–H and O–H groups in total. The fourth-order valence-corrected chi connectivity index (χ4v) is 2.05. The highest BCUT2D eigenvalue weighted by atomic mass is 19.1. The van der Waals surface area contributed by atoms with Gasteiger partial charge in [0.25, 0.3) is 0 Å². The Hall–Kier alpha value is -3.42. The lowest BCUT2D eigenvalue weighted by atomic mass is 10.3. The molecule has 0 saturated heterocycles. The van der Waals surface area contributed by atoms with E-state index in [2.05, 4.69) is 10.3 Å². The van der Waals surface area contributed by atoms with E-state index in [0.29, 0.717) is 11.4 Å². The zero-order chi connectivity index (χ0) is 17.1. The van der Waals surface area contributed by atoms with Crippen molar-refractivity contribution in [2.24, 2.45) is 4.99 Å². The van der Waals surface area contributed by atoms with Gasteiger partial charge >= 0.3 is 11.3 Å². The summed E-state index contributed by atoms with van der Waals surface area (Å²) >= 11 is 0. The Balaban J connectivity index is 2.03. The molecule has 0 amide bonds. The Morgan fingerprint density at radius 1 is 1.21 bits per heavy atom. The van der Waals surface area contributed by atoms with Crippen molar-refractivity contribution in [2.45, 2.75) is 0 Å². The molecule has 0 aliphatic rings. The van der Waals surface area contributed by atoms with E-state index in [1.807, 2.05) is 0 Å². The zero-order valence-corrected chi connectivity index (χ0v) is 12.5. The van der Waals surface area contributed by atoms with Crippen LogP contribution in [0.5, 0.6) is 5.75 Å². The number of aliphatic imine (C=N–C) groups is 1. The van der Waals surface area contributed by atoms with Gasteiger partial charge in [0.15, 0.2) is 0 Å². The zero-order valence-electron chi connectivity index (χ0n) is 12.5. The summed E-state index contributed by atoms with van der Waals surface area (Å²) in [5.74, 6) is -0.641. The van der Waals surface area contributed by atoms with Crippen LogP contribution in [0, 0.1) is 5.82 Å². The van der Waals surface area contributed by atoms with Gasteiger partial charge in [-0.15, -0.1) is 0 Å². The maximum atomic E-state index is 12.9. The molecule has 8 heteroatoms. The summed E-state index contributed by atoms with van der Waals surface area (Å²) in [6.45, 7) is 0. The van der Waals surface area contributed by atoms with Crippen LogP contribution in [-0.2, 0) is 0 Å². The normalized spacial score (nSPS) is 11.5. The monoisotopic (exact) mass is 329 g/mol. The molecule has 122 valence electrons.